The van der Waals surface area contributed by atoms with Crippen LogP contribution in [-0.2, 0) is 28.5 Å². The molecular weight excluding hydrogens is 408 g/mol. The molecule has 0 aromatic heterocycles. The van der Waals surface area contributed by atoms with Crippen molar-refractivity contribution in [2.24, 2.45) is 0 Å². The summed E-state index contributed by atoms with van der Waals surface area (Å²) in [6.45, 7) is 1.17. The number of methoxy groups -OCH3 is 1. The number of rotatable bonds is 7. The highest BCUT2D eigenvalue weighted by atomic mass is 16.7. The van der Waals surface area contributed by atoms with E-state index in [-0.39, 0.29) is 0 Å². The van der Waals surface area contributed by atoms with Crippen LogP contribution in [0.1, 0.15) is 13.8 Å². The van der Waals surface area contributed by atoms with Crippen molar-refractivity contribution in [3.63, 3.8) is 0 Å². The van der Waals surface area contributed by atoms with Crippen LogP contribution in [0.25, 0.3) is 0 Å². The monoisotopic (exact) mass is 438 g/mol. The Bertz CT molecular complexity index is 594. The van der Waals surface area contributed by atoms with Gasteiger partial charge in [0.2, 0.25) is 11.8 Å². The first-order valence-electron chi connectivity index (χ1n) is 9.43. The first-order chi connectivity index (χ1) is 14.1. The zero-order valence-electron chi connectivity index (χ0n) is 16.9. The predicted molar refractivity (Wildman–Crippen MR) is 96.6 cm³/mol. The highest BCUT2D eigenvalue weighted by Gasteiger charge is 2.51. The van der Waals surface area contributed by atoms with Gasteiger partial charge in [0, 0.05) is 21.0 Å². The van der Waals surface area contributed by atoms with Gasteiger partial charge in [0.1, 0.15) is 48.7 Å². The van der Waals surface area contributed by atoms with E-state index < -0.39 is 86.3 Å². The van der Waals surface area contributed by atoms with Crippen molar-refractivity contribution >= 4 is 11.8 Å². The molecule has 7 N–H and O–H groups in total. The van der Waals surface area contributed by atoms with E-state index in [9.17, 15) is 35.1 Å². The third-order valence-corrected chi connectivity index (χ3v) is 5.00. The van der Waals surface area contributed by atoms with Gasteiger partial charge in [-0.25, -0.2) is 0 Å². The lowest BCUT2D eigenvalue weighted by Crippen LogP contribution is -2.69. The van der Waals surface area contributed by atoms with Gasteiger partial charge in [-0.2, -0.15) is 0 Å². The van der Waals surface area contributed by atoms with E-state index in [1.54, 1.807) is 0 Å². The highest BCUT2D eigenvalue weighted by molar-refractivity contribution is 5.73. The first-order valence-corrected chi connectivity index (χ1v) is 9.43. The van der Waals surface area contributed by atoms with Crippen LogP contribution in [0.15, 0.2) is 0 Å². The number of ether oxygens (including phenoxy) is 4. The standard InChI is InChI=1S/C17H30N2O11/c1-6(22)18-10-14(26)12(24)8(4-20)29-17(10)30-15-11(19-7(2)23)16(27-3)28-9(5-21)13(15)25/h8-17,20-21,24-26H,4-5H2,1-3H3,(H,18,22)(H,19,23)/t8-,9-,10-,11-,12+,13+,14-,15-,16-,17-/m1/s1. The van der Waals surface area contributed by atoms with Gasteiger partial charge in [0.25, 0.3) is 0 Å². The summed E-state index contributed by atoms with van der Waals surface area (Å²) in [5.41, 5.74) is 0. The van der Waals surface area contributed by atoms with Crippen molar-refractivity contribution in [1.29, 1.82) is 0 Å². The topological polar surface area (TPSA) is 196 Å². The van der Waals surface area contributed by atoms with Gasteiger partial charge in [-0.15, -0.1) is 0 Å². The van der Waals surface area contributed by atoms with Crippen LogP contribution >= 0.6 is 0 Å². The van der Waals surface area contributed by atoms with Crippen LogP contribution in [-0.4, -0.2) is 119 Å². The van der Waals surface area contributed by atoms with Crippen molar-refractivity contribution < 1.29 is 54.1 Å². The average molecular weight is 438 g/mol. The minimum Gasteiger partial charge on any atom is -0.394 e. The molecule has 174 valence electrons. The van der Waals surface area contributed by atoms with Crippen LogP contribution in [0.3, 0.4) is 0 Å². The lowest BCUT2D eigenvalue weighted by molar-refractivity contribution is -0.326. The molecule has 10 atom stereocenters. The van der Waals surface area contributed by atoms with Gasteiger partial charge < -0.3 is 55.1 Å². The van der Waals surface area contributed by atoms with E-state index in [1.165, 1.54) is 21.0 Å². The maximum absolute atomic E-state index is 11.7. The van der Waals surface area contributed by atoms with Gasteiger partial charge >= 0.3 is 0 Å². The predicted octanol–water partition coefficient (Wildman–Crippen LogP) is -4.46. The molecule has 0 saturated carbocycles. The first kappa shape index (κ1) is 24.8. The summed E-state index contributed by atoms with van der Waals surface area (Å²) in [6, 6.07) is -2.31. The van der Waals surface area contributed by atoms with Crippen LogP contribution < -0.4 is 10.6 Å². The summed E-state index contributed by atoms with van der Waals surface area (Å²) in [5, 5.41) is 55.1. The Morgan fingerprint density at radius 3 is 1.83 bits per heavy atom. The number of hydrogen-bond donors (Lipinski definition) is 7. The van der Waals surface area contributed by atoms with Crippen molar-refractivity contribution in [1.82, 2.24) is 10.6 Å². The molecule has 13 heteroatoms. The van der Waals surface area contributed by atoms with Crippen LogP contribution in [0.4, 0.5) is 0 Å². The highest BCUT2D eigenvalue weighted by Crippen LogP contribution is 2.29. The van der Waals surface area contributed by atoms with Crippen LogP contribution in [0.5, 0.6) is 0 Å². The van der Waals surface area contributed by atoms with Crippen molar-refractivity contribution in [2.45, 2.75) is 75.1 Å². The Balaban J connectivity index is 2.34. The fourth-order valence-corrected chi connectivity index (χ4v) is 3.56. The van der Waals surface area contributed by atoms with Gasteiger partial charge in [0.15, 0.2) is 12.6 Å². The molecule has 30 heavy (non-hydrogen) atoms. The van der Waals surface area contributed by atoms with E-state index in [2.05, 4.69) is 10.6 Å². The zero-order valence-corrected chi connectivity index (χ0v) is 16.9. The second-order valence-corrected chi connectivity index (χ2v) is 7.21. The number of hydrogen-bond acceptors (Lipinski definition) is 11. The molecule has 2 aliphatic heterocycles. The molecule has 2 rings (SSSR count). The van der Waals surface area contributed by atoms with Gasteiger partial charge in [0.05, 0.1) is 13.2 Å². The number of amides is 2. The molecule has 0 aliphatic carbocycles. The second kappa shape index (κ2) is 10.7. The van der Waals surface area contributed by atoms with Gasteiger partial charge in [-0.05, 0) is 0 Å². The molecule has 0 aromatic rings. The molecular formula is C17H30N2O11. The Hall–Kier alpha value is -1.42. The minimum absolute atomic E-state index is 0.486. The van der Waals surface area contributed by atoms with E-state index in [0.717, 1.165) is 0 Å². The summed E-state index contributed by atoms with van der Waals surface area (Å²) >= 11 is 0. The number of carbonyl (C=O) groups excluding carboxylic acids is 2. The van der Waals surface area contributed by atoms with Gasteiger partial charge in [-0.1, -0.05) is 0 Å². The molecule has 0 bridgehead atoms. The van der Waals surface area contributed by atoms with Gasteiger partial charge in [-0.3, -0.25) is 9.59 Å². The fraction of sp³-hybridized carbons (Fsp3) is 0.882. The van der Waals surface area contributed by atoms with E-state index >= 15 is 0 Å². The molecule has 2 aliphatic rings. The third kappa shape index (κ3) is 5.43. The Morgan fingerprint density at radius 1 is 0.833 bits per heavy atom. The number of nitrogens with one attached hydrogen (secondary N) is 2. The molecule has 2 heterocycles. The Morgan fingerprint density at radius 2 is 1.33 bits per heavy atom. The molecule has 2 fully saturated rings. The summed E-state index contributed by atoms with van der Waals surface area (Å²) < 4.78 is 22.0. The maximum Gasteiger partial charge on any atom is 0.217 e. The maximum atomic E-state index is 11.7. The molecule has 0 spiro atoms. The van der Waals surface area contributed by atoms with Crippen LogP contribution in [0.2, 0.25) is 0 Å². The number of aliphatic hydroxyl groups is 5. The quantitative estimate of drug-likeness (QED) is 0.202. The van der Waals surface area contributed by atoms with Crippen molar-refractivity contribution in [2.75, 3.05) is 20.3 Å². The Kier molecular flexibility index (Phi) is 8.90. The van der Waals surface area contributed by atoms with Crippen LogP contribution in [0, 0.1) is 0 Å². The third-order valence-electron chi connectivity index (χ3n) is 5.00. The molecule has 2 saturated heterocycles. The van der Waals surface area contributed by atoms with E-state index in [0.29, 0.717) is 0 Å². The summed E-state index contributed by atoms with van der Waals surface area (Å²) in [7, 11) is 1.29. The normalized spacial score (nSPS) is 41.9. The van der Waals surface area contributed by atoms with E-state index in [1.807, 2.05) is 0 Å². The Labute approximate surface area is 172 Å². The zero-order chi connectivity index (χ0) is 22.6. The SMILES string of the molecule is CO[C@@H]1O[C@H](CO)[C@H](O)[C@H](O[C@H]2O[C@H](CO)[C@H](O)[C@H](O)[C@H]2NC(C)=O)[C@H]1NC(C)=O. The van der Waals surface area contributed by atoms with Crippen molar-refractivity contribution in [3.8, 4) is 0 Å². The molecule has 0 radical (unpaired) electrons. The lowest BCUT2D eigenvalue weighted by atomic mass is 9.94. The fourth-order valence-electron chi connectivity index (χ4n) is 3.56. The summed E-state index contributed by atoms with van der Waals surface area (Å²) in [4.78, 5) is 23.2. The van der Waals surface area contributed by atoms with Crippen molar-refractivity contribution in [3.05, 3.63) is 0 Å². The summed E-state index contributed by atoms with van der Waals surface area (Å²) in [6.07, 6.45) is -10.7. The smallest absolute Gasteiger partial charge is 0.217 e. The number of carbonyl (C=O) groups is 2. The summed E-state index contributed by atoms with van der Waals surface area (Å²) in [5.74, 6) is -1.04. The average Bonchev–Trinajstić information content (AvgIpc) is 2.69. The minimum atomic E-state index is -1.56. The largest absolute Gasteiger partial charge is 0.394 e. The molecule has 0 aromatic carbocycles. The number of aliphatic hydroxyl groups excluding tert-OH is 5. The lowest BCUT2D eigenvalue weighted by Gasteiger charge is -2.48. The molecule has 0 unspecified atom stereocenters. The molecule has 13 nitrogen and oxygen atoms in total. The second-order valence-electron chi connectivity index (χ2n) is 7.21. The van der Waals surface area contributed by atoms with E-state index in [4.69, 9.17) is 18.9 Å². The molecule has 2 amide bonds.